The molecule has 2 aromatic heterocycles. The molecule has 8 heteroatoms. The third kappa shape index (κ3) is 3.73. The van der Waals surface area contributed by atoms with Gasteiger partial charge in [0.2, 0.25) is 5.95 Å². The van der Waals surface area contributed by atoms with E-state index in [1.807, 2.05) is 36.4 Å². The summed E-state index contributed by atoms with van der Waals surface area (Å²) in [6.07, 6.45) is 0. The normalized spacial score (nSPS) is 10.7. The van der Waals surface area contributed by atoms with E-state index in [4.69, 9.17) is 9.15 Å². The number of anilines is 3. The molecule has 1 amide bonds. The number of amides is 1. The SMILES string of the molecule is COc1ccccc1NC(=O)c1c(C)nc(Nc2nc3ccccc3o2)nc1C. The van der Waals surface area contributed by atoms with Gasteiger partial charge in [-0.1, -0.05) is 24.3 Å². The molecule has 0 bridgehead atoms. The summed E-state index contributed by atoms with van der Waals surface area (Å²) in [4.78, 5) is 25.9. The maximum Gasteiger partial charge on any atom is 0.302 e. The number of nitrogens with one attached hydrogen (secondary N) is 2. The number of methoxy groups -OCH3 is 1. The van der Waals surface area contributed by atoms with Crippen molar-refractivity contribution in [3.63, 3.8) is 0 Å². The monoisotopic (exact) mass is 389 g/mol. The first kappa shape index (κ1) is 18.4. The Morgan fingerprint density at radius 1 is 0.966 bits per heavy atom. The van der Waals surface area contributed by atoms with Crippen LogP contribution < -0.4 is 15.4 Å². The number of fused-ring (bicyclic) bond motifs is 1. The maximum absolute atomic E-state index is 12.8. The average molecular weight is 389 g/mol. The Bertz CT molecular complexity index is 1150. The zero-order valence-corrected chi connectivity index (χ0v) is 16.2. The summed E-state index contributed by atoms with van der Waals surface area (Å²) in [6, 6.07) is 14.9. The highest BCUT2D eigenvalue weighted by Gasteiger charge is 2.18. The molecular formula is C21H19N5O3. The number of rotatable bonds is 5. The Hall–Kier alpha value is -3.94. The van der Waals surface area contributed by atoms with Crippen molar-refractivity contribution in [1.29, 1.82) is 0 Å². The fourth-order valence-corrected chi connectivity index (χ4v) is 3.05. The van der Waals surface area contributed by atoms with E-state index in [2.05, 4.69) is 25.6 Å². The minimum atomic E-state index is -0.307. The molecule has 4 aromatic rings. The molecule has 0 radical (unpaired) electrons. The van der Waals surface area contributed by atoms with E-state index >= 15 is 0 Å². The van der Waals surface area contributed by atoms with E-state index < -0.39 is 0 Å². The highest BCUT2D eigenvalue weighted by molar-refractivity contribution is 6.06. The summed E-state index contributed by atoms with van der Waals surface area (Å²) in [7, 11) is 1.55. The number of carbonyl (C=O) groups is 1. The summed E-state index contributed by atoms with van der Waals surface area (Å²) in [5.41, 5.74) is 3.44. The van der Waals surface area contributed by atoms with Crippen molar-refractivity contribution >= 4 is 34.7 Å². The van der Waals surface area contributed by atoms with Gasteiger partial charge in [-0.3, -0.25) is 10.1 Å². The van der Waals surface area contributed by atoms with Crippen molar-refractivity contribution in [2.75, 3.05) is 17.7 Å². The van der Waals surface area contributed by atoms with Crippen LogP contribution in [-0.2, 0) is 0 Å². The van der Waals surface area contributed by atoms with Gasteiger partial charge in [0.05, 0.1) is 29.7 Å². The van der Waals surface area contributed by atoms with Gasteiger partial charge in [-0.25, -0.2) is 9.97 Å². The molecule has 0 fully saturated rings. The minimum absolute atomic E-state index is 0.288. The van der Waals surface area contributed by atoms with E-state index in [9.17, 15) is 4.79 Å². The van der Waals surface area contributed by atoms with Crippen LogP contribution in [0.25, 0.3) is 11.1 Å². The second-order valence-corrected chi connectivity index (χ2v) is 6.36. The molecule has 2 aromatic carbocycles. The molecule has 0 saturated carbocycles. The molecule has 2 N–H and O–H groups in total. The van der Waals surface area contributed by atoms with Gasteiger partial charge in [-0.15, -0.1) is 0 Å². The fraction of sp³-hybridized carbons (Fsp3) is 0.143. The Kier molecular flexibility index (Phi) is 4.82. The topological polar surface area (TPSA) is 102 Å². The number of ether oxygens (including phenoxy) is 1. The van der Waals surface area contributed by atoms with Crippen molar-refractivity contribution < 1.29 is 13.9 Å². The number of aromatic nitrogens is 3. The molecule has 0 aliphatic rings. The number of nitrogens with zero attached hydrogens (tertiary/aromatic N) is 3. The lowest BCUT2D eigenvalue weighted by atomic mass is 10.1. The van der Waals surface area contributed by atoms with E-state index in [-0.39, 0.29) is 11.9 Å². The van der Waals surface area contributed by atoms with Crippen molar-refractivity contribution in [2.24, 2.45) is 0 Å². The third-order valence-corrected chi connectivity index (χ3v) is 4.37. The molecule has 0 unspecified atom stereocenters. The molecule has 0 aliphatic heterocycles. The van der Waals surface area contributed by atoms with Crippen LogP contribution in [0.2, 0.25) is 0 Å². The van der Waals surface area contributed by atoms with Gasteiger partial charge in [-0.2, -0.15) is 4.98 Å². The third-order valence-electron chi connectivity index (χ3n) is 4.37. The Morgan fingerprint density at radius 3 is 2.38 bits per heavy atom. The van der Waals surface area contributed by atoms with Gasteiger partial charge < -0.3 is 14.5 Å². The quantitative estimate of drug-likeness (QED) is 0.526. The van der Waals surface area contributed by atoms with Crippen molar-refractivity contribution in [3.8, 4) is 5.75 Å². The molecule has 4 rings (SSSR count). The van der Waals surface area contributed by atoms with Crippen LogP contribution in [0.1, 0.15) is 21.7 Å². The number of oxazole rings is 1. The Labute approximate surface area is 167 Å². The van der Waals surface area contributed by atoms with Crippen LogP contribution in [0.5, 0.6) is 5.75 Å². The van der Waals surface area contributed by atoms with Gasteiger partial charge in [0.1, 0.15) is 11.3 Å². The van der Waals surface area contributed by atoms with Crippen LogP contribution in [0.15, 0.2) is 52.9 Å². The van der Waals surface area contributed by atoms with Gasteiger partial charge in [0.25, 0.3) is 5.91 Å². The predicted molar refractivity (Wildman–Crippen MR) is 110 cm³/mol. The maximum atomic E-state index is 12.8. The van der Waals surface area contributed by atoms with Gasteiger partial charge in [-0.05, 0) is 38.1 Å². The summed E-state index contributed by atoms with van der Waals surface area (Å²) in [5, 5.41) is 5.81. The molecule has 8 nitrogen and oxygen atoms in total. The summed E-state index contributed by atoms with van der Waals surface area (Å²) in [6.45, 7) is 3.51. The summed E-state index contributed by atoms with van der Waals surface area (Å²) in [5.74, 6) is 0.574. The number of carbonyl (C=O) groups excluding carboxylic acids is 1. The van der Waals surface area contributed by atoms with Crippen LogP contribution in [0.3, 0.4) is 0 Å². The first-order valence-corrected chi connectivity index (χ1v) is 8.97. The smallest absolute Gasteiger partial charge is 0.302 e. The highest BCUT2D eigenvalue weighted by Crippen LogP contribution is 2.25. The van der Waals surface area contributed by atoms with E-state index in [0.717, 1.165) is 5.52 Å². The lowest BCUT2D eigenvalue weighted by molar-refractivity contribution is 0.102. The second-order valence-electron chi connectivity index (χ2n) is 6.36. The van der Waals surface area contributed by atoms with Gasteiger partial charge in [0, 0.05) is 0 Å². The molecule has 146 valence electrons. The number of benzene rings is 2. The zero-order chi connectivity index (χ0) is 20.4. The van der Waals surface area contributed by atoms with Gasteiger partial charge >= 0.3 is 6.01 Å². The molecule has 0 aliphatic carbocycles. The number of hydrogen-bond donors (Lipinski definition) is 2. The molecule has 2 heterocycles. The van der Waals surface area contributed by atoms with Crippen LogP contribution in [0.4, 0.5) is 17.7 Å². The number of hydrogen-bond acceptors (Lipinski definition) is 7. The molecular weight excluding hydrogens is 370 g/mol. The minimum Gasteiger partial charge on any atom is -0.495 e. The number of aryl methyl sites for hydroxylation is 2. The van der Waals surface area contributed by atoms with E-state index in [1.165, 1.54) is 0 Å². The number of para-hydroxylation sites is 4. The van der Waals surface area contributed by atoms with E-state index in [1.54, 1.807) is 33.1 Å². The highest BCUT2D eigenvalue weighted by atomic mass is 16.5. The van der Waals surface area contributed by atoms with Crippen LogP contribution in [0, 0.1) is 13.8 Å². The second kappa shape index (κ2) is 7.59. The van der Waals surface area contributed by atoms with Gasteiger partial charge in [0.15, 0.2) is 5.58 Å². The van der Waals surface area contributed by atoms with Crippen LogP contribution in [-0.4, -0.2) is 28.0 Å². The van der Waals surface area contributed by atoms with E-state index in [0.29, 0.717) is 39.9 Å². The standard InChI is InChI=1S/C21H19N5O3/c1-12-18(19(27)24-14-8-4-6-10-16(14)28-3)13(2)23-20(22-12)26-21-25-15-9-5-7-11-17(15)29-21/h4-11H,1-3H3,(H,24,27)(H,22,23,25,26). The lowest BCUT2D eigenvalue weighted by Crippen LogP contribution is -2.18. The first-order chi connectivity index (χ1) is 14.0. The molecule has 0 atom stereocenters. The molecule has 29 heavy (non-hydrogen) atoms. The van der Waals surface area contributed by atoms with Crippen molar-refractivity contribution in [1.82, 2.24) is 15.0 Å². The van der Waals surface area contributed by atoms with Crippen molar-refractivity contribution in [3.05, 3.63) is 65.5 Å². The fourth-order valence-electron chi connectivity index (χ4n) is 3.05. The molecule has 0 spiro atoms. The lowest BCUT2D eigenvalue weighted by Gasteiger charge is -2.13. The average Bonchev–Trinajstić information content (AvgIpc) is 3.10. The zero-order valence-electron chi connectivity index (χ0n) is 16.2. The Balaban J connectivity index is 1.58. The predicted octanol–water partition coefficient (Wildman–Crippen LogP) is 4.24. The summed E-state index contributed by atoms with van der Waals surface area (Å²) < 4.78 is 10.9. The van der Waals surface area contributed by atoms with Crippen molar-refractivity contribution in [2.45, 2.75) is 13.8 Å². The largest absolute Gasteiger partial charge is 0.495 e. The molecule has 0 saturated heterocycles. The Morgan fingerprint density at radius 2 is 1.66 bits per heavy atom. The summed E-state index contributed by atoms with van der Waals surface area (Å²) >= 11 is 0. The first-order valence-electron chi connectivity index (χ1n) is 8.97. The van der Waals surface area contributed by atoms with Crippen LogP contribution >= 0.6 is 0 Å².